The highest BCUT2D eigenvalue weighted by Crippen LogP contribution is 2.25. The lowest BCUT2D eigenvalue weighted by Gasteiger charge is -2.12. The van der Waals surface area contributed by atoms with Gasteiger partial charge in [-0.3, -0.25) is 9.59 Å². The summed E-state index contributed by atoms with van der Waals surface area (Å²) in [5.41, 5.74) is 5.75. The molecule has 0 fully saturated rings. The summed E-state index contributed by atoms with van der Waals surface area (Å²) in [5, 5.41) is 4.74. The van der Waals surface area contributed by atoms with Crippen LogP contribution in [0.25, 0.3) is 0 Å². The third kappa shape index (κ3) is 7.84. The van der Waals surface area contributed by atoms with Crippen LogP contribution in [0.15, 0.2) is 24.3 Å². The Morgan fingerprint density at radius 3 is 2.36 bits per heavy atom. The molecule has 1 aromatic carbocycles. The number of carbonyl (C=O) groups excluding carboxylic acids is 2. The summed E-state index contributed by atoms with van der Waals surface area (Å²) in [6.07, 6.45) is -5.45. The summed E-state index contributed by atoms with van der Waals surface area (Å²) in [6, 6.07) is 6.22. The maximum absolute atomic E-state index is 12.2. The van der Waals surface area contributed by atoms with E-state index in [2.05, 4.69) is 10.6 Å². The number of hydrogen-bond donors (Lipinski definition) is 3. The fraction of sp³-hybridized carbons (Fsp3) is 0.385. The van der Waals surface area contributed by atoms with Crippen LogP contribution in [0.5, 0.6) is 0 Å². The molecule has 9 heteroatoms. The number of amides is 2. The van der Waals surface area contributed by atoms with Gasteiger partial charge in [0.25, 0.3) is 0 Å². The van der Waals surface area contributed by atoms with Crippen molar-refractivity contribution in [1.82, 2.24) is 5.32 Å². The number of nitrogens with one attached hydrogen (secondary N) is 2. The smallest absolute Gasteiger partial charge is 0.346 e. The number of nitrogens with two attached hydrogens (primary N) is 1. The van der Waals surface area contributed by atoms with Gasteiger partial charge >= 0.3 is 6.18 Å². The first-order chi connectivity index (χ1) is 9.81. The van der Waals surface area contributed by atoms with E-state index in [4.69, 9.17) is 5.73 Å². The van der Waals surface area contributed by atoms with Crippen LogP contribution < -0.4 is 16.4 Å². The van der Waals surface area contributed by atoms with Gasteiger partial charge in [-0.15, -0.1) is 12.4 Å². The first-order valence-electron chi connectivity index (χ1n) is 6.23. The summed E-state index contributed by atoms with van der Waals surface area (Å²) < 4.78 is 36.7. The van der Waals surface area contributed by atoms with Gasteiger partial charge in [-0.25, -0.2) is 0 Å². The van der Waals surface area contributed by atoms with Crippen LogP contribution >= 0.6 is 12.4 Å². The van der Waals surface area contributed by atoms with Crippen molar-refractivity contribution in [2.75, 3.05) is 18.4 Å². The Balaban J connectivity index is 0.00000441. The molecular formula is C13H17ClF3N3O2. The van der Waals surface area contributed by atoms with Crippen LogP contribution in [0.2, 0.25) is 0 Å². The Labute approximate surface area is 131 Å². The number of aryl methyl sites for hydroxylation is 1. The standard InChI is InChI=1S/C13H16F3N3O2.ClH/c14-13(15,16)6-5-9-3-1-2-4-10(9)19-12(21)8-18-11(20)7-17;/h1-4H,5-8,17H2,(H,18,20)(H,19,21);1H. The molecule has 0 unspecified atom stereocenters. The van der Waals surface area contributed by atoms with Crippen molar-refractivity contribution in [2.24, 2.45) is 5.73 Å². The molecule has 2 amide bonds. The Bertz CT molecular complexity index is 510. The number of benzene rings is 1. The van der Waals surface area contributed by atoms with Crippen molar-refractivity contribution < 1.29 is 22.8 Å². The largest absolute Gasteiger partial charge is 0.389 e. The minimum atomic E-state index is -4.26. The van der Waals surface area contributed by atoms with E-state index in [0.29, 0.717) is 11.3 Å². The van der Waals surface area contributed by atoms with Crippen LogP contribution in [-0.2, 0) is 16.0 Å². The summed E-state index contributed by atoms with van der Waals surface area (Å²) in [7, 11) is 0. The molecule has 124 valence electrons. The fourth-order valence-corrected chi connectivity index (χ4v) is 1.58. The topological polar surface area (TPSA) is 84.2 Å². The second-order valence-corrected chi connectivity index (χ2v) is 4.30. The second kappa shape index (κ2) is 9.26. The Hall–Kier alpha value is -1.80. The quantitative estimate of drug-likeness (QED) is 0.736. The molecule has 5 nitrogen and oxygen atoms in total. The van der Waals surface area contributed by atoms with Gasteiger partial charge in [0.1, 0.15) is 0 Å². The van der Waals surface area contributed by atoms with Crippen molar-refractivity contribution in [3.63, 3.8) is 0 Å². The molecule has 1 rings (SSSR count). The van der Waals surface area contributed by atoms with Crippen molar-refractivity contribution in [3.05, 3.63) is 29.8 Å². The first kappa shape index (κ1) is 20.2. The maximum Gasteiger partial charge on any atom is 0.389 e. The molecule has 0 aliphatic heterocycles. The Morgan fingerprint density at radius 2 is 1.77 bits per heavy atom. The third-order valence-corrected chi connectivity index (χ3v) is 2.60. The van der Waals surface area contributed by atoms with Gasteiger partial charge < -0.3 is 16.4 Å². The second-order valence-electron chi connectivity index (χ2n) is 4.30. The zero-order chi connectivity index (χ0) is 15.9. The Morgan fingerprint density at radius 1 is 1.14 bits per heavy atom. The maximum atomic E-state index is 12.2. The molecule has 0 saturated carbocycles. The summed E-state index contributed by atoms with van der Waals surface area (Å²) in [6.45, 7) is -0.529. The molecule has 0 atom stereocenters. The van der Waals surface area contributed by atoms with Crippen LogP contribution in [0, 0.1) is 0 Å². The zero-order valence-electron chi connectivity index (χ0n) is 11.6. The number of anilines is 1. The van der Waals surface area contributed by atoms with E-state index in [-0.39, 0.29) is 31.9 Å². The average Bonchev–Trinajstić information content (AvgIpc) is 2.43. The highest BCUT2D eigenvalue weighted by atomic mass is 35.5. The highest BCUT2D eigenvalue weighted by molar-refractivity contribution is 5.95. The SMILES string of the molecule is Cl.NCC(=O)NCC(=O)Nc1ccccc1CCC(F)(F)F. The van der Waals surface area contributed by atoms with E-state index in [9.17, 15) is 22.8 Å². The normalized spacial score (nSPS) is 10.5. The molecule has 0 aliphatic carbocycles. The van der Waals surface area contributed by atoms with E-state index < -0.39 is 24.4 Å². The lowest BCUT2D eigenvalue weighted by molar-refractivity contribution is -0.134. The lowest BCUT2D eigenvalue weighted by atomic mass is 10.1. The molecule has 0 radical (unpaired) electrons. The van der Waals surface area contributed by atoms with E-state index >= 15 is 0 Å². The molecule has 1 aromatic rings. The van der Waals surface area contributed by atoms with Gasteiger partial charge in [-0.2, -0.15) is 13.2 Å². The summed E-state index contributed by atoms with van der Waals surface area (Å²) in [5.74, 6) is -1.02. The number of para-hydroxylation sites is 1. The molecule has 0 aliphatic rings. The van der Waals surface area contributed by atoms with Crippen molar-refractivity contribution in [2.45, 2.75) is 19.0 Å². The van der Waals surface area contributed by atoms with Gasteiger partial charge in [0, 0.05) is 12.1 Å². The highest BCUT2D eigenvalue weighted by Gasteiger charge is 2.26. The van der Waals surface area contributed by atoms with Gasteiger partial charge in [0.2, 0.25) is 11.8 Å². The first-order valence-corrected chi connectivity index (χ1v) is 6.23. The fourth-order valence-electron chi connectivity index (χ4n) is 1.58. The molecule has 4 N–H and O–H groups in total. The van der Waals surface area contributed by atoms with Crippen LogP contribution in [-0.4, -0.2) is 31.1 Å². The van der Waals surface area contributed by atoms with E-state index in [1.165, 1.54) is 12.1 Å². The molecule has 0 saturated heterocycles. The van der Waals surface area contributed by atoms with Crippen molar-refractivity contribution in [3.8, 4) is 0 Å². The summed E-state index contributed by atoms with van der Waals surface area (Å²) >= 11 is 0. The lowest BCUT2D eigenvalue weighted by Crippen LogP contribution is -2.36. The van der Waals surface area contributed by atoms with Crippen molar-refractivity contribution >= 4 is 29.9 Å². The van der Waals surface area contributed by atoms with E-state index in [1.807, 2.05) is 0 Å². The number of rotatable bonds is 6. The minimum absolute atomic E-state index is 0. The van der Waals surface area contributed by atoms with Gasteiger partial charge in [-0.1, -0.05) is 18.2 Å². The van der Waals surface area contributed by atoms with Gasteiger partial charge in [0.05, 0.1) is 13.1 Å². The average molecular weight is 340 g/mol. The predicted octanol–water partition coefficient (Wildman–Crippen LogP) is 1.62. The summed E-state index contributed by atoms with van der Waals surface area (Å²) in [4.78, 5) is 22.5. The number of alkyl halides is 3. The molecule has 0 heterocycles. The molecule has 22 heavy (non-hydrogen) atoms. The predicted molar refractivity (Wildman–Crippen MR) is 78.8 cm³/mol. The van der Waals surface area contributed by atoms with E-state index in [1.54, 1.807) is 12.1 Å². The number of hydrogen-bond acceptors (Lipinski definition) is 3. The molecule has 0 aromatic heterocycles. The number of carbonyl (C=O) groups is 2. The van der Waals surface area contributed by atoms with Crippen LogP contribution in [0.3, 0.4) is 0 Å². The number of halogens is 4. The molecule has 0 bridgehead atoms. The van der Waals surface area contributed by atoms with E-state index in [0.717, 1.165) is 0 Å². The molecule has 0 spiro atoms. The monoisotopic (exact) mass is 339 g/mol. The zero-order valence-corrected chi connectivity index (χ0v) is 12.4. The molecular weight excluding hydrogens is 323 g/mol. The third-order valence-electron chi connectivity index (χ3n) is 2.60. The van der Waals surface area contributed by atoms with Gasteiger partial charge in [0.15, 0.2) is 0 Å². The Kier molecular flexibility index (Phi) is 8.51. The van der Waals surface area contributed by atoms with Gasteiger partial charge in [-0.05, 0) is 18.1 Å². The van der Waals surface area contributed by atoms with Crippen LogP contribution in [0.1, 0.15) is 12.0 Å². The van der Waals surface area contributed by atoms with Crippen molar-refractivity contribution in [1.29, 1.82) is 0 Å². The van der Waals surface area contributed by atoms with Crippen LogP contribution in [0.4, 0.5) is 18.9 Å². The minimum Gasteiger partial charge on any atom is -0.346 e.